The molecule has 0 saturated carbocycles. The van der Waals surface area contributed by atoms with Crippen LogP contribution in [-0.4, -0.2) is 23.5 Å². The fourth-order valence-corrected chi connectivity index (χ4v) is 2.01. The number of nitrogens with one attached hydrogen (secondary N) is 2. The predicted octanol–water partition coefficient (Wildman–Crippen LogP) is 2.27. The van der Waals surface area contributed by atoms with E-state index in [0.717, 1.165) is 6.07 Å². The fourth-order valence-electron chi connectivity index (χ4n) is 1.90. The highest BCUT2D eigenvalue weighted by Gasteiger charge is 2.20. The van der Waals surface area contributed by atoms with Crippen molar-refractivity contribution >= 4 is 29.1 Å². The number of amides is 2. The number of carbonyl (C=O) groups excluding carboxylic acids is 2. The normalized spacial score (nSPS) is 11.6. The monoisotopic (exact) mass is 336 g/mol. The quantitative estimate of drug-likeness (QED) is 0.749. The van der Waals surface area contributed by atoms with Gasteiger partial charge in [-0.05, 0) is 29.8 Å². The van der Waals surface area contributed by atoms with Gasteiger partial charge in [0, 0.05) is 5.69 Å². The largest absolute Gasteiger partial charge is 0.394 e. The van der Waals surface area contributed by atoms with Gasteiger partial charge in [-0.25, -0.2) is 4.39 Å². The number of carbonyl (C=O) groups is 2. The van der Waals surface area contributed by atoms with Crippen LogP contribution in [0.2, 0.25) is 5.02 Å². The standard InChI is InChI=1S/C16H14ClFN2O3/c17-12-7-6-10(8-13(12)18)14(9-21)20-16(23)15(22)19-11-4-2-1-3-5-11/h1-8,14,21H,9H2,(H,19,22)(H,20,23). The topological polar surface area (TPSA) is 78.4 Å². The summed E-state index contributed by atoms with van der Waals surface area (Å²) in [5, 5.41) is 14.0. The molecular formula is C16H14ClFN2O3. The van der Waals surface area contributed by atoms with Crippen molar-refractivity contribution in [3.8, 4) is 0 Å². The number of aliphatic hydroxyl groups is 1. The molecule has 3 N–H and O–H groups in total. The van der Waals surface area contributed by atoms with E-state index in [2.05, 4.69) is 10.6 Å². The highest BCUT2D eigenvalue weighted by Crippen LogP contribution is 2.20. The number of para-hydroxylation sites is 1. The van der Waals surface area contributed by atoms with Gasteiger partial charge in [-0.2, -0.15) is 0 Å². The maximum atomic E-state index is 13.5. The fraction of sp³-hybridized carbons (Fsp3) is 0.125. The number of rotatable bonds is 4. The molecule has 0 saturated heterocycles. The van der Waals surface area contributed by atoms with Gasteiger partial charge >= 0.3 is 11.8 Å². The zero-order valence-corrected chi connectivity index (χ0v) is 12.7. The maximum absolute atomic E-state index is 13.5. The Morgan fingerprint density at radius 1 is 1.13 bits per heavy atom. The van der Waals surface area contributed by atoms with Crippen molar-refractivity contribution in [2.45, 2.75) is 6.04 Å². The SMILES string of the molecule is O=C(Nc1ccccc1)C(=O)NC(CO)c1ccc(Cl)c(F)c1. The van der Waals surface area contributed by atoms with Crippen molar-refractivity contribution in [3.63, 3.8) is 0 Å². The molecule has 0 aliphatic rings. The van der Waals surface area contributed by atoms with Crippen LogP contribution in [0.4, 0.5) is 10.1 Å². The summed E-state index contributed by atoms with van der Waals surface area (Å²) >= 11 is 5.59. The molecule has 2 amide bonds. The Labute approximate surface area is 137 Å². The maximum Gasteiger partial charge on any atom is 0.313 e. The Bertz CT molecular complexity index is 710. The molecule has 2 aromatic carbocycles. The number of halogens is 2. The van der Waals surface area contributed by atoms with E-state index in [9.17, 15) is 19.1 Å². The number of anilines is 1. The predicted molar refractivity (Wildman–Crippen MR) is 84.5 cm³/mol. The first-order valence-corrected chi connectivity index (χ1v) is 7.11. The summed E-state index contributed by atoms with van der Waals surface area (Å²) in [5.41, 5.74) is 0.765. The van der Waals surface area contributed by atoms with Crippen molar-refractivity contribution in [1.82, 2.24) is 5.32 Å². The van der Waals surface area contributed by atoms with E-state index < -0.39 is 30.3 Å². The summed E-state index contributed by atoms with van der Waals surface area (Å²) in [7, 11) is 0. The number of hydrogen-bond donors (Lipinski definition) is 3. The number of benzene rings is 2. The Morgan fingerprint density at radius 2 is 1.83 bits per heavy atom. The van der Waals surface area contributed by atoms with Crippen molar-refractivity contribution in [2.24, 2.45) is 0 Å². The minimum atomic E-state index is -0.941. The third-order valence-corrected chi connectivity index (χ3v) is 3.38. The first-order valence-electron chi connectivity index (χ1n) is 6.74. The average Bonchev–Trinajstić information content (AvgIpc) is 2.56. The lowest BCUT2D eigenvalue weighted by molar-refractivity contribution is -0.136. The van der Waals surface area contributed by atoms with Gasteiger partial charge < -0.3 is 15.7 Å². The molecule has 0 heterocycles. The molecular weight excluding hydrogens is 323 g/mol. The van der Waals surface area contributed by atoms with Crippen molar-refractivity contribution in [1.29, 1.82) is 0 Å². The third-order valence-electron chi connectivity index (χ3n) is 3.07. The van der Waals surface area contributed by atoms with Gasteiger partial charge in [-0.15, -0.1) is 0 Å². The third kappa shape index (κ3) is 4.51. The summed E-state index contributed by atoms with van der Waals surface area (Å²) < 4.78 is 13.5. The van der Waals surface area contributed by atoms with E-state index >= 15 is 0 Å². The Hall–Kier alpha value is -2.44. The van der Waals surface area contributed by atoms with Crippen LogP contribution in [0.25, 0.3) is 0 Å². The van der Waals surface area contributed by atoms with E-state index in [1.807, 2.05) is 0 Å². The molecule has 1 unspecified atom stereocenters. The Morgan fingerprint density at radius 3 is 2.43 bits per heavy atom. The van der Waals surface area contributed by atoms with Gasteiger partial charge in [0.2, 0.25) is 0 Å². The van der Waals surface area contributed by atoms with E-state index in [4.69, 9.17) is 11.6 Å². The van der Waals surface area contributed by atoms with Gasteiger partial charge in [-0.1, -0.05) is 35.9 Å². The number of hydrogen-bond acceptors (Lipinski definition) is 3. The summed E-state index contributed by atoms with van der Waals surface area (Å²) in [6.45, 7) is -0.495. The van der Waals surface area contributed by atoms with Crippen LogP contribution in [0.15, 0.2) is 48.5 Å². The van der Waals surface area contributed by atoms with E-state index in [1.54, 1.807) is 30.3 Å². The van der Waals surface area contributed by atoms with Gasteiger partial charge in [0.15, 0.2) is 0 Å². The van der Waals surface area contributed by atoms with Crippen LogP contribution in [0.3, 0.4) is 0 Å². The lowest BCUT2D eigenvalue weighted by Gasteiger charge is -2.16. The van der Waals surface area contributed by atoms with Crippen LogP contribution in [-0.2, 0) is 9.59 Å². The van der Waals surface area contributed by atoms with Crippen LogP contribution in [0.1, 0.15) is 11.6 Å². The van der Waals surface area contributed by atoms with Crippen molar-refractivity contribution < 1.29 is 19.1 Å². The van der Waals surface area contributed by atoms with E-state index in [0.29, 0.717) is 11.3 Å². The molecule has 2 aromatic rings. The second kappa shape index (κ2) is 7.71. The number of aliphatic hydroxyl groups excluding tert-OH is 1. The van der Waals surface area contributed by atoms with E-state index in [-0.39, 0.29) is 5.02 Å². The minimum absolute atomic E-state index is 0.0708. The minimum Gasteiger partial charge on any atom is -0.394 e. The van der Waals surface area contributed by atoms with Crippen LogP contribution in [0, 0.1) is 5.82 Å². The molecule has 7 heteroatoms. The second-order valence-corrected chi connectivity index (χ2v) is 5.11. The zero-order chi connectivity index (χ0) is 16.8. The molecule has 0 fully saturated rings. The Kier molecular flexibility index (Phi) is 5.67. The molecule has 1 atom stereocenters. The molecule has 23 heavy (non-hydrogen) atoms. The molecule has 120 valence electrons. The van der Waals surface area contributed by atoms with Gasteiger partial charge in [0.05, 0.1) is 17.7 Å². The molecule has 0 aliphatic heterocycles. The van der Waals surface area contributed by atoms with Crippen LogP contribution >= 0.6 is 11.6 Å². The Balaban J connectivity index is 2.04. The van der Waals surface area contributed by atoms with Crippen LogP contribution < -0.4 is 10.6 Å². The average molecular weight is 337 g/mol. The van der Waals surface area contributed by atoms with Gasteiger partial charge in [0.1, 0.15) is 5.82 Å². The molecule has 0 aliphatic carbocycles. The first kappa shape index (κ1) is 16.9. The molecule has 0 aromatic heterocycles. The summed E-state index contributed by atoms with van der Waals surface area (Å²) in [5.74, 6) is -2.50. The lowest BCUT2D eigenvalue weighted by Crippen LogP contribution is -2.39. The highest BCUT2D eigenvalue weighted by molar-refractivity contribution is 6.39. The second-order valence-electron chi connectivity index (χ2n) is 4.70. The molecule has 5 nitrogen and oxygen atoms in total. The van der Waals surface area contributed by atoms with Gasteiger partial charge in [-0.3, -0.25) is 9.59 Å². The van der Waals surface area contributed by atoms with E-state index in [1.165, 1.54) is 12.1 Å². The molecule has 0 spiro atoms. The lowest BCUT2D eigenvalue weighted by atomic mass is 10.1. The zero-order valence-electron chi connectivity index (χ0n) is 11.9. The van der Waals surface area contributed by atoms with Gasteiger partial charge in [0.25, 0.3) is 0 Å². The summed E-state index contributed by atoms with van der Waals surface area (Å²) in [6.07, 6.45) is 0. The summed E-state index contributed by atoms with van der Waals surface area (Å²) in [6, 6.07) is 11.4. The molecule has 2 rings (SSSR count). The molecule has 0 bridgehead atoms. The summed E-state index contributed by atoms with van der Waals surface area (Å²) in [4.78, 5) is 23.7. The van der Waals surface area contributed by atoms with Crippen molar-refractivity contribution in [2.75, 3.05) is 11.9 Å². The molecule has 0 radical (unpaired) electrons. The highest BCUT2D eigenvalue weighted by atomic mass is 35.5. The smallest absolute Gasteiger partial charge is 0.313 e. The van der Waals surface area contributed by atoms with Crippen LogP contribution in [0.5, 0.6) is 0 Å². The first-order chi connectivity index (χ1) is 11.0. The van der Waals surface area contributed by atoms with Crippen molar-refractivity contribution in [3.05, 3.63) is 64.9 Å².